The number of nitrogens with zero attached hydrogens (tertiary/aromatic N) is 1. The summed E-state index contributed by atoms with van der Waals surface area (Å²) in [5.41, 5.74) is 16.3. The molecule has 1 aliphatic rings. The zero-order valence-corrected chi connectivity index (χ0v) is 30.0. The molecule has 3 nitrogen and oxygen atoms in total. The van der Waals surface area contributed by atoms with Gasteiger partial charge in [0, 0.05) is 55.4 Å². The molecule has 0 saturated heterocycles. The van der Waals surface area contributed by atoms with Crippen LogP contribution < -0.4 is 4.90 Å². The van der Waals surface area contributed by atoms with E-state index in [2.05, 4.69) is 170 Å². The summed E-state index contributed by atoms with van der Waals surface area (Å²) >= 11 is 0. The average molecular weight is 694 g/mol. The zero-order chi connectivity index (χ0) is 36.0. The number of furan rings is 2. The van der Waals surface area contributed by atoms with Crippen molar-refractivity contribution in [2.24, 2.45) is 0 Å². The molecule has 11 rings (SSSR count). The Morgan fingerprint density at radius 2 is 0.907 bits per heavy atom. The third-order valence-corrected chi connectivity index (χ3v) is 11.5. The molecule has 1 aliphatic carbocycles. The lowest BCUT2D eigenvalue weighted by molar-refractivity contribution is 0.660. The molecule has 0 spiro atoms. The molecular weight excluding hydrogens is 659 g/mol. The van der Waals surface area contributed by atoms with Crippen molar-refractivity contribution in [2.45, 2.75) is 19.3 Å². The van der Waals surface area contributed by atoms with Crippen LogP contribution >= 0.6 is 0 Å². The molecule has 3 heteroatoms. The van der Waals surface area contributed by atoms with E-state index in [1.807, 2.05) is 24.3 Å². The van der Waals surface area contributed by atoms with Crippen molar-refractivity contribution >= 4 is 60.9 Å². The van der Waals surface area contributed by atoms with Crippen LogP contribution in [0.4, 0.5) is 17.1 Å². The van der Waals surface area contributed by atoms with Crippen molar-refractivity contribution < 1.29 is 8.83 Å². The van der Waals surface area contributed by atoms with Crippen LogP contribution in [-0.4, -0.2) is 0 Å². The molecule has 0 bridgehead atoms. The second-order valence-corrected chi connectivity index (χ2v) is 14.8. The van der Waals surface area contributed by atoms with Crippen molar-refractivity contribution in [2.75, 3.05) is 4.90 Å². The topological polar surface area (TPSA) is 29.5 Å². The van der Waals surface area contributed by atoms with Crippen LogP contribution in [0.15, 0.2) is 185 Å². The van der Waals surface area contributed by atoms with Gasteiger partial charge in [-0.15, -0.1) is 0 Å². The first kappa shape index (κ1) is 30.8. The number of hydrogen-bond acceptors (Lipinski definition) is 3. The average Bonchev–Trinajstić information content (AvgIpc) is 3.86. The summed E-state index contributed by atoms with van der Waals surface area (Å²) in [7, 11) is 0. The third kappa shape index (κ3) is 4.42. The molecule has 0 saturated carbocycles. The molecule has 10 aromatic rings. The molecule has 0 unspecified atom stereocenters. The molecule has 8 aromatic carbocycles. The van der Waals surface area contributed by atoms with Crippen LogP contribution in [0.1, 0.15) is 25.0 Å². The van der Waals surface area contributed by atoms with E-state index < -0.39 is 0 Å². The SMILES string of the molecule is CC1(C)c2ccccc2-c2c(-c3ccccc3N(c3ccc4c(c3)oc3ccccc34)c3ccccc3-c3cccc4c3oc3ccccc34)cccc21. The van der Waals surface area contributed by atoms with E-state index >= 15 is 0 Å². The lowest BCUT2D eigenvalue weighted by atomic mass is 9.82. The molecule has 0 N–H and O–H groups in total. The quantitative estimate of drug-likeness (QED) is 0.180. The van der Waals surface area contributed by atoms with Gasteiger partial charge in [-0.05, 0) is 64.2 Å². The van der Waals surface area contributed by atoms with Crippen LogP contribution in [0.2, 0.25) is 0 Å². The molecule has 2 heterocycles. The Hall–Kier alpha value is -6.84. The van der Waals surface area contributed by atoms with E-state index in [4.69, 9.17) is 8.83 Å². The highest BCUT2D eigenvalue weighted by atomic mass is 16.3. The highest BCUT2D eigenvalue weighted by Crippen LogP contribution is 2.54. The van der Waals surface area contributed by atoms with Gasteiger partial charge in [0.05, 0.1) is 11.4 Å². The van der Waals surface area contributed by atoms with Gasteiger partial charge in [0.25, 0.3) is 0 Å². The number of hydrogen-bond donors (Lipinski definition) is 0. The summed E-state index contributed by atoms with van der Waals surface area (Å²) in [6, 6.07) is 62.9. The number of rotatable bonds is 5. The Kier molecular flexibility index (Phi) is 6.60. The monoisotopic (exact) mass is 693 g/mol. The van der Waals surface area contributed by atoms with Gasteiger partial charge >= 0.3 is 0 Å². The van der Waals surface area contributed by atoms with Gasteiger partial charge in [0.15, 0.2) is 0 Å². The molecule has 2 aromatic heterocycles. The zero-order valence-electron chi connectivity index (χ0n) is 30.0. The van der Waals surface area contributed by atoms with Crippen molar-refractivity contribution in [3.8, 4) is 33.4 Å². The Labute approximate surface area is 313 Å². The normalized spacial score (nSPS) is 13.1. The van der Waals surface area contributed by atoms with E-state index in [1.165, 1.54) is 27.8 Å². The summed E-state index contributed by atoms with van der Waals surface area (Å²) in [6.07, 6.45) is 0. The minimum absolute atomic E-state index is 0.110. The highest BCUT2D eigenvalue weighted by Gasteiger charge is 2.37. The fourth-order valence-electron chi connectivity index (χ4n) is 8.99. The lowest BCUT2D eigenvalue weighted by Gasteiger charge is -2.30. The summed E-state index contributed by atoms with van der Waals surface area (Å²) in [5, 5.41) is 4.44. The molecular formula is C51H35NO2. The molecule has 0 fully saturated rings. The van der Waals surface area contributed by atoms with Gasteiger partial charge in [-0.3, -0.25) is 0 Å². The van der Waals surface area contributed by atoms with Crippen molar-refractivity contribution in [3.05, 3.63) is 187 Å². The predicted octanol–water partition coefficient (Wildman–Crippen LogP) is 14.6. The minimum atomic E-state index is -0.110. The molecule has 0 atom stereocenters. The number of anilines is 3. The molecule has 54 heavy (non-hydrogen) atoms. The van der Waals surface area contributed by atoms with Crippen LogP contribution in [0, 0.1) is 0 Å². The van der Waals surface area contributed by atoms with Gasteiger partial charge in [-0.2, -0.15) is 0 Å². The van der Waals surface area contributed by atoms with E-state index in [1.54, 1.807) is 0 Å². The van der Waals surface area contributed by atoms with Gasteiger partial charge in [-0.25, -0.2) is 0 Å². The molecule has 0 aliphatic heterocycles. The largest absolute Gasteiger partial charge is 0.456 e. The van der Waals surface area contributed by atoms with E-state index in [0.29, 0.717) is 0 Å². The smallest absolute Gasteiger partial charge is 0.143 e. The first-order chi connectivity index (χ1) is 26.6. The third-order valence-electron chi connectivity index (χ3n) is 11.5. The standard InChI is InChI=1S/C51H35NO2/c1-51(2)42-23-8-3-19-41(42)49-38(20-14-24-43(49)51)33-15-4-9-25-44(33)52(32-29-30-37-35-17-6-11-27-46(35)53-48(37)31-32)45-26-10-5-16-34(45)39-21-13-22-40-36-18-7-12-28-47(36)54-50(39)40/h3-31H,1-2H3. The van der Waals surface area contributed by atoms with Crippen molar-refractivity contribution in [1.29, 1.82) is 0 Å². The van der Waals surface area contributed by atoms with Gasteiger partial charge in [0.2, 0.25) is 0 Å². The van der Waals surface area contributed by atoms with Gasteiger partial charge in [-0.1, -0.05) is 147 Å². The predicted molar refractivity (Wildman–Crippen MR) is 224 cm³/mol. The molecule has 0 amide bonds. The van der Waals surface area contributed by atoms with Crippen LogP contribution in [0.3, 0.4) is 0 Å². The lowest BCUT2D eigenvalue weighted by Crippen LogP contribution is -2.15. The Bertz CT molecular complexity index is 3100. The van der Waals surface area contributed by atoms with Crippen LogP contribution in [-0.2, 0) is 5.41 Å². The van der Waals surface area contributed by atoms with E-state index in [9.17, 15) is 0 Å². The van der Waals surface area contributed by atoms with Crippen molar-refractivity contribution in [1.82, 2.24) is 0 Å². The summed E-state index contributed by atoms with van der Waals surface area (Å²) in [5.74, 6) is 0. The molecule has 256 valence electrons. The molecule has 0 radical (unpaired) electrons. The number of para-hydroxylation sites is 5. The Balaban J connectivity index is 1.20. The van der Waals surface area contributed by atoms with Gasteiger partial charge < -0.3 is 13.7 Å². The Morgan fingerprint density at radius 3 is 1.69 bits per heavy atom. The number of benzene rings is 8. The van der Waals surface area contributed by atoms with Gasteiger partial charge in [0.1, 0.15) is 22.3 Å². The first-order valence-electron chi connectivity index (χ1n) is 18.6. The number of fused-ring (bicyclic) bond motifs is 9. The maximum atomic E-state index is 6.64. The highest BCUT2D eigenvalue weighted by molar-refractivity contribution is 6.12. The minimum Gasteiger partial charge on any atom is -0.456 e. The fourth-order valence-corrected chi connectivity index (χ4v) is 8.99. The first-order valence-corrected chi connectivity index (χ1v) is 18.6. The van der Waals surface area contributed by atoms with E-state index in [0.717, 1.165) is 77.6 Å². The Morgan fingerprint density at radius 1 is 0.389 bits per heavy atom. The van der Waals surface area contributed by atoms with Crippen LogP contribution in [0.25, 0.3) is 77.3 Å². The maximum Gasteiger partial charge on any atom is 0.143 e. The maximum absolute atomic E-state index is 6.64. The summed E-state index contributed by atoms with van der Waals surface area (Å²) in [4.78, 5) is 2.41. The second-order valence-electron chi connectivity index (χ2n) is 14.8. The van der Waals surface area contributed by atoms with Crippen molar-refractivity contribution in [3.63, 3.8) is 0 Å². The second kappa shape index (κ2) is 11.6. The summed E-state index contributed by atoms with van der Waals surface area (Å²) in [6.45, 7) is 4.69. The fraction of sp³-hybridized carbons (Fsp3) is 0.0588. The van der Waals surface area contributed by atoms with E-state index in [-0.39, 0.29) is 5.41 Å². The summed E-state index contributed by atoms with van der Waals surface area (Å²) < 4.78 is 13.2. The van der Waals surface area contributed by atoms with Crippen LogP contribution in [0.5, 0.6) is 0 Å².